The average Bonchev–Trinajstić information content (AvgIpc) is 3.20. The molecule has 2 aromatic carbocycles. The molecule has 29 heavy (non-hydrogen) atoms. The van der Waals surface area contributed by atoms with Crippen molar-refractivity contribution in [3.8, 4) is 11.6 Å². The molecule has 0 spiro atoms. The quantitative estimate of drug-likeness (QED) is 0.668. The summed E-state index contributed by atoms with van der Waals surface area (Å²) in [5, 5.41) is 11.2. The molecule has 1 aliphatic heterocycles. The van der Waals surface area contributed by atoms with E-state index < -0.39 is 0 Å². The zero-order valence-electron chi connectivity index (χ0n) is 16.3. The Morgan fingerprint density at radius 1 is 0.966 bits per heavy atom. The number of amides is 1. The number of ether oxygens (including phenoxy) is 1. The fourth-order valence-electron chi connectivity index (χ4n) is 3.45. The summed E-state index contributed by atoms with van der Waals surface area (Å²) in [5.41, 5.74) is 1.68. The van der Waals surface area contributed by atoms with E-state index in [0.717, 1.165) is 25.3 Å². The molecule has 4 rings (SSSR count). The van der Waals surface area contributed by atoms with Crippen LogP contribution in [-0.2, 0) is 0 Å². The Morgan fingerprint density at radius 3 is 2.38 bits per heavy atom. The third kappa shape index (κ3) is 4.81. The van der Waals surface area contributed by atoms with Crippen molar-refractivity contribution in [1.29, 1.82) is 0 Å². The van der Waals surface area contributed by atoms with Crippen molar-refractivity contribution in [2.45, 2.75) is 19.3 Å². The molecule has 7 nitrogen and oxygen atoms in total. The summed E-state index contributed by atoms with van der Waals surface area (Å²) in [6, 6.07) is 18.9. The molecule has 2 heterocycles. The third-order valence-corrected chi connectivity index (χ3v) is 4.97. The van der Waals surface area contributed by atoms with Crippen LogP contribution in [-0.4, -0.2) is 52.0 Å². The van der Waals surface area contributed by atoms with Gasteiger partial charge in [0.05, 0.1) is 5.69 Å². The number of nitrogens with zero attached hydrogens (tertiary/aromatic N) is 4. The molecule has 0 radical (unpaired) electrons. The summed E-state index contributed by atoms with van der Waals surface area (Å²) in [6.45, 7) is 3.49. The Kier molecular flexibility index (Phi) is 6.16. The average molecular weight is 391 g/mol. The predicted molar refractivity (Wildman–Crippen MR) is 112 cm³/mol. The van der Waals surface area contributed by atoms with Crippen LogP contribution in [0.15, 0.2) is 60.7 Å². The smallest absolute Gasteiger partial charge is 0.281 e. The van der Waals surface area contributed by atoms with Gasteiger partial charge in [-0.25, -0.2) is 0 Å². The Hall–Kier alpha value is -3.19. The van der Waals surface area contributed by atoms with Gasteiger partial charge in [-0.3, -0.25) is 9.69 Å². The summed E-state index contributed by atoms with van der Waals surface area (Å²) in [5.74, 6) is 0.0213. The monoisotopic (exact) mass is 391 g/mol. The second kappa shape index (κ2) is 9.34. The van der Waals surface area contributed by atoms with Gasteiger partial charge in [0.1, 0.15) is 6.61 Å². The SMILES string of the molecule is O=C(Nc1ccccc1)c1nnn(-c2ccccc2)c1OCCN1CCCCC1. The van der Waals surface area contributed by atoms with E-state index in [-0.39, 0.29) is 11.6 Å². The molecule has 0 saturated carbocycles. The number of nitrogens with one attached hydrogen (secondary N) is 1. The van der Waals surface area contributed by atoms with Crippen molar-refractivity contribution in [2.75, 3.05) is 31.6 Å². The highest BCUT2D eigenvalue weighted by atomic mass is 16.5. The standard InChI is InChI=1S/C22H25N5O2/c28-21(23-18-10-4-1-5-11-18)20-22(29-17-16-26-14-8-3-9-15-26)27(25-24-20)19-12-6-2-7-13-19/h1-2,4-7,10-13H,3,8-9,14-17H2,(H,23,28). The zero-order valence-corrected chi connectivity index (χ0v) is 16.3. The van der Waals surface area contributed by atoms with Gasteiger partial charge in [0, 0.05) is 12.2 Å². The number of aromatic nitrogens is 3. The summed E-state index contributed by atoms with van der Waals surface area (Å²) in [4.78, 5) is 15.2. The van der Waals surface area contributed by atoms with Crippen LogP contribution in [0.3, 0.4) is 0 Å². The molecule has 3 aromatic rings. The number of carbonyl (C=O) groups excluding carboxylic acids is 1. The second-order valence-electron chi connectivity index (χ2n) is 7.06. The molecule has 150 valence electrons. The zero-order chi connectivity index (χ0) is 19.9. The lowest BCUT2D eigenvalue weighted by Crippen LogP contribution is -2.33. The van der Waals surface area contributed by atoms with Gasteiger partial charge < -0.3 is 10.1 Å². The predicted octanol–water partition coefficient (Wildman–Crippen LogP) is 3.38. The first-order chi connectivity index (χ1) is 14.3. The van der Waals surface area contributed by atoms with Crippen molar-refractivity contribution < 1.29 is 9.53 Å². The molecule has 1 fully saturated rings. The summed E-state index contributed by atoms with van der Waals surface area (Å²) >= 11 is 0. The molecule has 7 heteroatoms. The van der Waals surface area contributed by atoms with Crippen LogP contribution < -0.4 is 10.1 Å². The fraction of sp³-hybridized carbons (Fsp3) is 0.318. The van der Waals surface area contributed by atoms with Crippen molar-refractivity contribution in [3.63, 3.8) is 0 Å². The molecule has 0 atom stereocenters. The Morgan fingerprint density at radius 2 is 1.66 bits per heavy atom. The van der Waals surface area contributed by atoms with Crippen molar-refractivity contribution in [3.05, 3.63) is 66.4 Å². The molecule has 1 amide bonds. The number of likely N-dealkylation sites (tertiary alicyclic amines) is 1. The van der Waals surface area contributed by atoms with E-state index in [4.69, 9.17) is 4.74 Å². The second-order valence-corrected chi connectivity index (χ2v) is 7.06. The number of hydrogen-bond donors (Lipinski definition) is 1. The van der Waals surface area contributed by atoms with Gasteiger partial charge in [0.25, 0.3) is 11.8 Å². The fourth-order valence-corrected chi connectivity index (χ4v) is 3.45. The number of rotatable bonds is 7. The largest absolute Gasteiger partial charge is 0.474 e. The van der Waals surface area contributed by atoms with Crippen LogP contribution in [0.4, 0.5) is 5.69 Å². The van der Waals surface area contributed by atoms with Gasteiger partial charge in [-0.2, -0.15) is 4.68 Å². The van der Waals surface area contributed by atoms with Crippen molar-refractivity contribution in [2.24, 2.45) is 0 Å². The Labute approximate surface area is 170 Å². The van der Waals surface area contributed by atoms with Crippen LogP contribution in [0.25, 0.3) is 5.69 Å². The molecular weight excluding hydrogens is 366 g/mol. The molecule has 1 N–H and O–H groups in total. The van der Waals surface area contributed by atoms with Crippen LogP contribution >= 0.6 is 0 Å². The minimum absolute atomic E-state index is 0.177. The number of para-hydroxylation sites is 2. The maximum atomic E-state index is 12.8. The van der Waals surface area contributed by atoms with Crippen LogP contribution in [0.2, 0.25) is 0 Å². The maximum absolute atomic E-state index is 12.8. The summed E-state index contributed by atoms with van der Waals surface area (Å²) < 4.78 is 7.64. The topological polar surface area (TPSA) is 72.3 Å². The van der Waals surface area contributed by atoms with Gasteiger partial charge >= 0.3 is 0 Å². The number of anilines is 1. The first-order valence-corrected chi connectivity index (χ1v) is 10.0. The van der Waals surface area contributed by atoms with E-state index in [1.807, 2.05) is 60.7 Å². The highest BCUT2D eigenvalue weighted by Gasteiger charge is 2.23. The third-order valence-electron chi connectivity index (χ3n) is 4.97. The lowest BCUT2D eigenvalue weighted by molar-refractivity contribution is 0.101. The van der Waals surface area contributed by atoms with Gasteiger partial charge in [0.2, 0.25) is 5.69 Å². The van der Waals surface area contributed by atoms with E-state index in [0.29, 0.717) is 18.2 Å². The number of piperidine rings is 1. The van der Waals surface area contributed by atoms with E-state index in [2.05, 4.69) is 20.5 Å². The molecule has 1 saturated heterocycles. The molecule has 0 bridgehead atoms. The molecule has 0 unspecified atom stereocenters. The van der Waals surface area contributed by atoms with Crippen molar-refractivity contribution >= 4 is 11.6 Å². The van der Waals surface area contributed by atoms with Gasteiger partial charge in [-0.05, 0) is 50.2 Å². The minimum atomic E-state index is -0.341. The lowest BCUT2D eigenvalue weighted by Gasteiger charge is -2.26. The van der Waals surface area contributed by atoms with E-state index in [9.17, 15) is 4.79 Å². The van der Waals surface area contributed by atoms with Crippen LogP contribution in [0.1, 0.15) is 29.8 Å². The van der Waals surface area contributed by atoms with Gasteiger partial charge in [0.15, 0.2) is 0 Å². The summed E-state index contributed by atoms with van der Waals surface area (Å²) in [7, 11) is 0. The van der Waals surface area contributed by atoms with Crippen LogP contribution in [0, 0.1) is 0 Å². The van der Waals surface area contributed by atoms with E-state index in [1.165, 1.54) is 19.3 Å². The van der Waals surface area contributed by atoms with Crippen LogP contribution in [0.5, 0.6) is 5.88 Å². The first-order valence-electron chi connectivity index (χ1n) is 10.0. The molecular formula is C22H25N5O2. The lowest BCUT2D eigenvalue weighted by atomic mass is 10.1. The van der Waals surface area contributed by atoms with Crippen molar-refractivity contribution in [1.82, 2.24) is 19.9 Å². The minimum Gasteiger partial charge on any atom is -0.474 e. The van der Waals surface area contributed by atoms with Gasteiger partial charge in [-0.1, -0.05) is 48.0 Å². The number of carbonyl (C=O) groups is 1. The van der Waals surface area contributed by atoms with E-state index in [1.54, 1.807) is 4.68 Å². The highest BCUT2D eigenvalue weighted by molar-refractivity contribution is 6.04. The van der Waals surface area contributed by atoms with E-state index >= 15 is 0 Å². The summed E-state index contributed by atoms with van der Waals surface area (Å²) in [6.07, 6.45) is 3.76. The number of benzene rings is 2. The molecule has 0 aliphatic carbocycles. The van der Waals surface area contributed by atoms with Gasteiger partial charge in [-0.15, -0.1) is 5.10 Å². The Balaban J connectivity index is 1.53. The first kappa shape index (κ1) is 19.1. The number of hydrogen-bond acceptors (Lipinski definition) is 5. The molecule has 1 aromatic heterocycles. The highest BCUT2D eigenvalue weighted by Crippen LogP contribution is 2.22. The Bertz CT molecular complexity index is 921. The normalized spacial score (nSPS) is 14.5. The molecule has 1 aliphatic rings. The maximum Gasteiger partial charge on any atom is 0.281 e.